The van der Waals surface area contributed by atoms with Gasteiger partial charge in [-0.15, -0.1) is 0 Å². The third-order valence-corrected chi connectivity index (χ3v) is 6.91. The van der Waals surface area contributed by atoms with Crippen LogP contribution in [0.2, 0.25) is 5.02 Å². The Morgan fingerprint density at radius 1 is 1.11 bits per heavy atom. The standard InChI is InChI=1S/C24H27ClF3N5O4/c25-17-8-5-14(24(26,27)28)10-18(17)33-21(34)13-3-6-15(7-4-13)32-23(36)20-19(30-12-31-20)22(35)29-11-16-2-1-9-37-16/h5,8,10,12-13,15-16H,1-4,6-7,9,11H2,(H,29,35)(H,30,31)(H,32,36)(H,33,34)/t13-,15-,16?. The second kappa shape index (κ2) is 11.5. The van der Waals surface area contributed by atoms with Crippen molar-refractivity contribution in [2.24, 2.45) is 5.92 Å². The molecule has 1 saturated carbocycles. The number of nitrogens with one attached hydrogen (secondary N) is 4. The third-order valence-electron chi connectivity index (χ3n) is 6.58. The highest BCUT2D eigenvalue weighted by Gasteiger charge is 2.32. The second-order valence-corrected chi connectivity index (χ2v) is 9.58. The minimum absolute atomic E-state index is 0.0115. The van der Waals surface area contributed by atoms with Gasteiger partial charge >= 0.3 is 6.18 Å². The predicted molar refractivity (Wildman–Crippen MR) is 128 cm³/mol. The van der Waals surface area contributed by atoms with Crippen LogP contribution in [-0.4, -0.2) is 53.0 Å². The van der Waals surface area contributed by atoms with E-state index in [-0.39, 0.29) is 34.2 Å². The number of aromatic nitrogens is 2. The highest BCUT2D eigenvalue weighted by Crippen LogP contribution is 2.34. The number of alkyl halides is 3. The Kier molecular flexibility index (Phi) is 8.38. The largest absolute Gasteiger partial charge is 0.416 e. The van der Waals surface area contributed by atoms with E-state index in [1.54, 1.807) is 0 Å². The molecule has 1 saturated heterocycles. The normalized spacial score (nSPS) is 21.9. The van der Waals surface area contributed by atoms with Crippen LogP contribution in [0.1, 0.15) is 65.1 Å². The Hall–Kier alpha value is -3.12. The number of carbonyl (C=O) groups excluding carboxylic acids is 3. The van der Waals surface area contributed by atoms with Crippen molar-refractivity contribution in [2.45, 2.75) is 56.8 Å². The summed E-state index contributed by atoms with van der Waals surface area (Å²) in [6.07, 6.45) is 0.286. The van der Waals surface area contributed by atoms with Crippen molar-refractivity contribution in [3.8, 4) is 0 Å². The van der Waals surface area contributed by atoms with Crippen LogP contribution in [0.3, 0.4) is 0 Å². The maximum Gasteiger partial charge on any atom is 0.416 e. The van der Waals surface area contributed by atoms with Crippen molar-refractivity contribution in [3.63, 3.8) is 0 Å². The number of ether oxygens (including phenoxy) is 1. The minimum atomic E-state index is -4.56. The van der Waals surface area contributed by atoms with E-state index in [2.05, 4.69) is 25.9 Å². The van der Waals surface area contributed by atoms with Gasteiger partial charge in [-0.25, -0.2) is 4.98 Å². The molecule has 1 aliphatic carbocycles. The average Bonchev–Trinajstić information content (AvgIpc) is 3.56. The second-order valence-electron chi connectivity index (χ2n) is 9.17. The number of anilines is 1. The van der Waals surface area contributed by atoms with Gasteiger partial charge < -0.3 is 25.7 Å². The molecule has 3 amide bonds. The summed E-state index contributed by atoms with van der Waals surface area (Å²) in [5.41, 5.74) is -0.968. The van der Waals surface area contributed by atoms with E-state index in [1.807, 2.05) is 0 Å². The zero-order valence-electron chi connectivity index (χ0n) is 19.8. The average molecular weight is 542 g/mol. The number of benzene rings is 1. The molecule has 1 aromatic carbocycles. The molecular formula is C24H27ClF3N5O4. The fraction of sp³-hybridized carbons (Fsp3) is 0.500. The zero-order chi connectivity index (χ0) is 26.6. The molecular weight excluding hydrogens is 515 g/mol. The van der Waals surface area contributed by atoms with Gasteiger partial charge in [0.1, 0.15) is 5.69 Å². The van der Waals surface area contributed by atoms with Gasteiger partial charge in [-0.05, 0) is 56.7 Å². The molecule has 200 valence electrons. The number of aromatic amines is 1. The number of carbonyl (C=O) groups is 3. The lowest BCUT2D eigenvalue weighted by Gasteiger charge is -2.28. The highest BCUT2D eigenvalue weighted by molar-refractivity contribution is 6.33. The Labute approximate surface area is 215 Å². The van der Waals surface area contributed by atoms with Crippen LogP contribution in [0.4, 0.5) is 18.9 Å². The Morgan fingerprint density at radius 2 is 1.86 bits per heavy atom. The maximum atomic E-state index is 13.0. The SMILES string of the molecule is O=C(NCC1CCCO1)c1nc[nH]c1C(=O)N[C@H]1CC[C@H](C(=O)Nc2cc(C(F)(F)F)ccc2Cl)CC1. The zero-order valence-corrected chi connectivity index (χ0v) is 20.5. The Balaban J connectivity index is 1.27. The van der Waals surface area contributed by atoms with E-state index in [9.17, 15) is 27.6 Å². The molecule has 9 nitrogen and oxygen atoms in total. The molecule has 37 heavy (non-hydrogen) atoms. The van der Waals surface area contributed by atoms with Crippen LogP contribution in [0.25, 0.3) is 0 Å². The molecule has 1 atom stereocenters. The fourth-order valence-electron chi connectivity index (χ4n) is 4.52. The molecule has 4 rings (SSSR count). The number of H-pyrrole nitrogens is 1. The summed E-state index contributed by atoms with van der Waals surface area (Å²) in [5.74, 6) is -1.83. The van der Waals surface area contributed by atoms with Gasteiger partial charge in [-0.1, -0.05) is 11.6 Å². The number of halogens is 4. The summed E-state index contributed by atoms with van der Waals surface area (Å²) in [7, 11) is 0. The molecule has 2 fully saturated rings. The van der Waals surface area contributed by atoms with Crippen LogP contribution < -0.4 is 16.0 Å². The van der Waals surface area contributed by atoms with Crippen molar-refractivity contribution in [2.75, 3.05) is 18.5 Å². The smallest absolute Gasteiger partial charge is 0.376 e. The number of hydrogen-bond donors (Lipinski definition) is 4. The van der Waals surface area contributed by atoms with Gasteiger partial charge in [-0.3, -0.25) is 14.4 Å². The summed E-state index contributed by atoms with van der Waals surface area (Å²) < 4.78 is 44.4. The molecule has 1 aromatic heterocycles. The fourth-order valence-corrected chi connectivity index (χ4v) is 4.69. The molecule has 2 aromatic rings. The van der Waals surface area contributed by atoms with Crippen LogP contribution >= 0.6 is 11.6 Å². The number of amides is 3. The summed E-state index contributed by atoms with van der Waals surface area (Å²) in [6, 6.07) is 2.52. The monoisotopic (exact) mass is 541 g/mol. The Bertz CT molecular complexity index is 1140. The number of nitrogens with zero attached hydrogens (tertiary/aromatic N) is 1. The van der Waals surface area contributed by atoms with Crippen molar-refractivity contribution in [1.29, 1.82) is 0 Å². The molecule has 0 radical (unpaired) electrons. The minimum Gasteiger partial charge on any atom is -0.376 e. The molecule has 0 spiro atoms. The molecule has 1 unspecified atom stereocenters. The molecule has 0 bridgehead atoms. The van der Waals surface area contributed by atoms with Crippen molar-refractivity contribution < 1.29 is 32.3 Å². The van der Waals surface area contributed by atoms with Gasteiger partial charge in [0.15, 0.2) is 5.69 Å². The van der Waals surface area contributed by atoms with E-state index in [0.29, 0.717) is 38.8 Å². The summed E-state index contributed by atoms with van der Waals surface area (Å²) >= 11 is 5.97. The predicted octanol–water partition coefficient (Wildman–Crippen LogP) is 3.92. The number of hydrogen-bond acceptors (Lipinski definition) is 5. The van der Waals surface area contributed by atoms with Crippen molar-refractivity contribution in [3.05, 3.63) is 46.5 Å². The van der Waals surface area contributed by atoms with E-state index in [4.69, 9.17) is 16.3 Å². The topological polar surface area (TPSA) is 125 Å². The van der Waals surface area contributed by atoms with Crippen molar-refractivity contribution >= 4 is 35.0 Å². The van der Waals surface area contributed by atoms with E-state index >= 15 is 0 Å². The molecule has 2 heterocycles. The lowest BCUT2D eigenvalue weighted by atomic mass is 9.85. The first-order valence-electron chi connectivity index (χ1n) is 12.0. The van der Waals surface area contributed by atoms with Gasteiger partial charge in [0.05, 0.1) is 28.7 Å². The lowest BCUT2D eigenvalue weighted by Crippen LogP contribution is -2.40. The van der Waals surface area contributed by atoms with Gasteiger partial charge in [-0.2, -0.15) is 13.2 Å². The first-order valence-corrected chi connectivity index (χ1v) is 12.4. The maximum absolute atomic E-state index is 13.0. The molecule has 2 aliphatic rings. The van der Waals surface area contributed by atoms with Crippen LogP contribution in [-0.2, 0) is 15.7 Å². The molecule has 4 N–H and O–H groups in total. The first kappa shape index (κ1) is 26.9. The number of rotatable bonds is 7. The summed E-state index contributed by atoms with van der Waals surface area (Å²) in [4.78, 5) is 44.6. The van der Waals surface area contributed by atoms with Crippen LogP contribution in [0, 0.1) is 5.92 Å². The summed E-state index contributed by atoms with van der Waals surface area (Å²) in [6.45, 7) is 1.00. The van der Waals surface area contributed by atoms with E-state index in [0.717, 1.165) is 31.0 Å². The first-order chi connectivity index (χ1) is 17.6. The third kappa shape index (κ3) is 6.80. The molecule has 13 heteroatoms. The van der Waals surface area contributed by atoms with Crippen LogP contribution in [0.15, 0.2) is 24.5 Å². The summed E-state index contributed by atoms with van der Waals surface area (Å²) in [5, 5.41) is 8.11. The number of imidazole rings is 1. The van der Waals surface area contributed by atoms with Gasteiger partial charge in [0, 0.05) is 25.1 Å². The lowest BCUT2D eigenvalue weighted by molar-refractivity contribution is -0.137. The van der Waals surface area contributed by atoms with Crippen LogP contribution in [0.5, 0.6) is 0 Å². The molecule has 1 aliphatic heterocycles. The van der Waals surface area contributed by atoms with E-state index < -0.39 is 35.4 Å². The van der Waals surface area contributed by atoms with Crippen molar-refractivity contribution in [1.82, 2.24) is 20.6 Å². The van der Waals surface area contributed by atoms with E-state index in [1.165, 1.54) is 6.33 Å². The van der Waals surface area contributed by atoms with Gasteiger partial charge in [0.25, 0.3) is 11.8 Å². The Morgan fingerprint density at radius 3 is 2.54 bits per heavy atom. The van der Waals surface area contributed by atoms with Gasteiger partial charge in [0.2, 0.25) is 5.91 Å². The quantitative estimate of drug-likeness (QED) is 0.423. The highest BCUT2D eigenvalue weighted by atomic mass is 35.5.